The van der Waals surface area contributed by atoms with Crippen LogP contribution < -0.4 is 5.56 Å². The van der Waals surface area contributed by atoms with Gasteiger partial charge in [0.15, 0.2) is 5.78 Å². The standard InChI is InChI=1S/C17H12FNO2/c18-14-6-3-5-13(10-14)16(20)11-19-9-8-12-4-1-2-7-15(12)17(19)21/h1-10H,11H2. The second-order valence-electron chi connectivity index (χ2n) is 4.77. The second-order valence-corrected chi connectivity index (χ2v) is 4.77. The Kier molecular flexibility index (Phi) is 3.36. The minimum Gasteiger partial charge on any atom is -0.307 e. The molecule has 0 aliphatic carbocycles. The number of carbonyl (C=O) groups is 1. The van der Waals surface area contributed by atoms with E-state index in [9.17, 15) is 14.0 Å². The summed E-state index contributed by atoms with van der Waals surface area (Å²) in [5.41, 5.74) is 0.0351. The summed E-state index contributed by atoms with van der Waals surface area (Å²) < 4.78 is 14.5. The molecule has 21 heavy (non-hydrogen) atoms. The molecule has 0 unspecified atom stereocenters. The number of fused-ring (bicyclic) bond motifs is 1. The summed E-state index contributed by atoms with van der Waals surface area (Å²) in [6.45, 7) is -0.104. The van der Waals surface area contributed by atoms with Gasteiger partial charge in [-0.1, -0.05) is 30.3 Å². The average molecular weight is 281 g/mol. The van der Waals surface area contributed by atoms with Crippen molar-refractivity contribution in [2.45, 2.75) is 6.54 Å². The Hall–Kier alpha value is -2.75. The average Bonchev–Trinajstić information content (AvgIpc) is 2.50. The number of rotatable bonds is 3. The highest BCUT2D eigenvalue weighted by molar-refractivity contribution is 5.96. The highest BCUT2D eigenvalue weighted by atomic mass is 19.1. The first-order chi connectivity index (χ1) is 10.1. The molecule has 0 fully saturated rings. The first kappa shape index (κ1) is 13.2. The monoisotopic (exact) mass is 281 g/mol. The zero-order valence-electron chi connectivity index (χ0n) is 11.1. The first-order valence-corrected chi connectivity index (χ1v) is 6.52. The lowest BCUT2D eigenvalue weighted by Gasteiger charge is -2.07. The van der Waals surface area contributed by atoms with E-state index in [0.717, 1.165) is 5.39 Å². The lowest BCUT2D eigenvalue weighted by molar-refractivity contribution is 0.0970. The summed E-state index contributed by atoms with van der Waals surface area (Å²) in [7, 11) is 0. The van der Waals surface area contributed by atoms with Crippen molar-refractivity contribution < 1.29 is 9.18 Å². The molecule has 0 N–H and O–H groups in total. The van der Waals surface area contributed by atoms with Crippen LogP contribution in [0, 0.1) is 5.82 Å². The van der Waals surface area contributed by atoms with Crippen LogP contribution in [0.25, 0.3) is 10.8 Å². The van der Waals surface area contributed by atoms with Gasteiger partial charge in [-0.3, -0.25) is 9.59 Å². The smallest absolute Gasteiger partial charge is 0.258 e. The molecule has 1 heterocycles. The van der Waals surface area contributed by atoms with Crippen LogP contribution in [0.5, 0.6) is 0 Å². The molecule has 0 atom stereocenters. The number of hydrogen-bond acceptors (Lipinski definition) is 2. The van der Waals surface area contributed by atoms with Crippen LogP contribution in [0.1, 0.15) is 10.4 Å². The molecular formula is C17H12FNO2. The van der Waals surface area contributed by atoms with Crippen molar-refractivity contribution >= 4 is 16.6 Å². The third-order valence-corrected chi connectivity index (χ3v) is 3.35. The molecular weight excluding hydrogens is 269 g/mol. The predicted octanol–water partition coefficient (Wildman–Crippen LogP) is 3.02. The molecule has 4 heteroatoms. The summed E-state index contributed by atoms with van der Waals surface area (Å²) in [4.78, 5) is 24.4. The quantitative estimate of drug-likeness (QED) is 0.692. The number of ketones is 1. The van der Waals surface area contributed by atoms with Crippen molar-refractivity contribution in [1.29, 1.82) is 0 Å². The number of halogens is 1. The highest BCUT2D eigenvalue weighted by Gasteiger charge is 2.10. The van der Waals surface area contributed by atoms with Gasteiger partial charge >= 0.3 is 0 Å². The van der Waals surface area contributed by atoms with E-state index in [4.69, 9.17) is 0 Å². The van der Waals surface area contributed by atoms with E-state index in [0.29, 0.717) is 5.39 Å². The van der Waals surface area contributed by atoms with Gasteiger partial charge in [0.25, 0.3) is 5.56 Å². The molecule has 3 rings (SSSR count). The van der Waals surface area contributed by atoms with E-state index in [1.54, 1.807) is 24.4 Å². The number of hydrogen-bond donors (Lipinski definition) is 0. The number of aromatic nitrogens is 1. The predicted molar refractivity (Wildman–Crippen MR) is 78.9 cm³/mol. The van der Waals surface area contributed by atoms with Crippen molar-refractivity contribution in [1.82, 2.24) is 4.57 Å². The van der Waals surface area contributed by atoms with Gasteiger partial charge in [-0.05, 0) is 29.7 Å². The van der Waals surface area contributed by atoms with Crippen molar-refractivity contribution in [3.8, 4) is 0 Å². The normalized spacial score (nSPS) is 10.7. The van der Waals surface area contributed by atoms with Gasteiger partial charge in [-0.25, -0.2) is 4.39 Å². The number of nitrogens with zero attached hydrogens (tertiary/aromatic N) is 1. The number of carbonyl (C=O) groups excluding carboxylic acids is 1. The lowest BCUT2D eigenvalue weighted by Crippen LogP contribution is -2.23. The molecule has 0 radical (unpaired) electrons. The fourth-order valence-electron chi connectivity index (χ4n) is 2.26. The molecule has 1 aromatic heterocycles. The van der Waals surface area contributed by atoms with Crippen molar-refractivity contribution in [2.24, 2.45) is 0 Å². The van der Waals surface area contributed by atoms with Gasteiger partial charge in [-0.2, -0.15) is 0 Å². The van der Waals surface area contributed by atoms with Crippen LogP contribution in [-0.2, 0) is 6.54 Å². The summed E-state index contributed by atoms with van der Waals surface area (Å²) in [5, 5.41) is 1.39. The van der Waals surface area contributed by atoms with Gasteiger partial charge in [0.2, 0.25) is 0 Å². The van der Waals surface area contributed by atoms with E-state index < -0.39 is 5.82 Å². The van der Waals surface area contributed by atoms with Gasteiger partial charge in [0, 0.05) is 17.1 Å². The van der Waals surface area contributed by atoms with E-state index in [-0.39, 0.29) is 23.5 Å². The first-order valence-electron chi connectivity index (χ1n) is 6.52. The largest absolute Gasteiger partial charge is 0.307 e. The zero-order valence-corrected chi connectivity index (χ0v) is 11.1. The van der Waals surface area contributed by atoms with Crippen LogP contribution in [-0.4, -0.2) is 10.4 Å². The maximum absolute atomic E-state index is 13.1. The number of pyridine rings is 1. The van der Waals surface area contributed by atoms with Crippen LogP contribution >= 0.6 is 0 Å². The van der Waals surface area contributed by atoms with Crippen LogP contribution in [0.3, 0.4) is 0 Å². The Morgan fingerprint density at radius 3 is 2.67 bits per heavy atom. The summed E-state index contributed by atoms with van der Waals surface area (Å²) in [6, 6.07) is 14.5. The van der Waals surface area contributed by atoms with Crippen molar-refractivity contribution in [3.63, 3.8) is 0 Å². The number of Topliss-reactive ketones (excluding diaryl/α,β-unsaturated/α-hetero) is 1. The van der Waals surface area contributed by atoms with Crippen LogP contribution in [0.2, 0.25) is 0 Å². The maximum Gasteiger partial charge on any atom is 0.258 e. The van der Waals surface area contributed by atoms with Gasteiger partial charge in [-0.15, -0.1) is 0 Å². The van der Waals surface area contributed by atoms with Crippen molar-refractivity contribution in [3.05, 3.63) is 82.5 Å². The molecule has 3 aromatic rings. The SMILES string of the molecule is O=C(Cn1ccc2ccccc2c1=O)c1cccc(F)c1. The molecule has 3 nitrogen and oxygen atoms in total. The molecule has 0 aliphatic heterocycles. The molecule has 0 amide bonds. The minimum atomic E-state index is -0.466. The van der Waals surface area contributed by atoms with Crippen LogP contribution in [0.4, 0.5) is 4.39 Å². The Morgan fingerprint density at radius 2 is 1.86 bits per heavy atom. The maximum atomic E-state index is 13.1. The van der Waals surface area contributed by atoms with E-state index in [1.165, 1.54) is 28.8 Å². The minimum absolute atomic E-state index is 0.104. The van der Waals surface area contributed by atoms with E-state index in [2.05, 4.69) is 0 Å². The summed E-state index contributed by atoms with van der Waals surface area (Å²) in [6.07, 6.45) is 1.59. The Labute approximate surface area is 120 Å². The topological polar surface area (TPSA) is 39.1 Å². The Balaban J connectivity index is 1.97. The van der Waals surface area contributed by atoms with Gasteiger partial charge in [0.05, 0.1) is 6.54 Å². The molecule has 0 spiro atoms. The molecule has 0 aliphatic rings. The van der Waals surface area contributed by atoms with E-state index in [1.807, 2.05) is 12.1 Å². The summed E-state index contributed by atoms with van der Waals surface area (Å²) >= 11 is 0. The fraction of sp³-hybridized carbons (Fsp3) is 0.0588. The highest BCUT2D eigenvalue weighted by Crippen LogP contribution is 2.09. The molecule has 104 valence electrons. The fourth-order valence-corrected chi connectivity index (χ4v) is 2.26. The van der Waals surface area contributed by atoms with Crippen molar-refractivity contribution in [2.75, 3.05) is 0 Å². The lowest BCUT2D eigenvalue weighted by atomic mass is 10.1. The molecule has 0 bridgehead atoms. The third kappa shape index (κ3) is 2.60. The zero-order chi connectivity index (χ0) is 14.8. The van der Waals surface area contributed by atoms with Gasteiger partial charge < -0.3 is 4.57 Å². The number of benzene rings is 2. The molecule has 0 saturated carbocycles. The second kappa shape index (κ2) is 5.32. The summed E-state index contributed by atoms with van der Waals surface area (Å²) in [5.74, 6) is -0.765. The Bertz CT molecular complexity index is 883. The van der Waals surface area contributed by atoms with E-state index >= 15 is 0 Å². The Morgan fingerprint density at radius 1 is 1.05 bits per heavy atom. The molecule has 0 saturated heterocycles. The van der Waals surface area contributed by atoms with Gasteiger partial charge in [0.1, 0.15) is 5.82 Å². The molecule has 2 aromatic carbocycles. The third-order valence-electron chi connectivity index (χ3n) is 3.35. The van der Waals surface area contributed by atoms with Crippen LogP contribution in [0.15, 0.2) is 65.6 Å².